The van der Waals surface area contributed by atoms with Gasteiger partial charge in [0, 0.05) is 17.7 Å². The molecule has 4 rings (SSSR count). The van der Waals surface area contributed by atoms with Crippen molar-refractivity contribution in [2.45, 2.75) is 57.8 Å². The largest absolute Gasteiger partial charge is 0.475 e. The summed E-state index contributed by atoms with van der Waals surface area (Å²) >= 11 is 0. The molecule has 1 aliphatic rings. The van der Waals surface area contributed by atoms with Gasteiger partial charge in [0.15, 0.2) is 0 Å². The monoisotopic (exact) mass is 392 g/mol. The number of fused-ring (bicyclic) bond motifs is 2. The van der Waals surface area contributed by atoms with Gasteiger partial charge in [0.1, 0.15) is 5.76 Å². The number of carbonyl (C=O) groups is 1. The summed E-state index contributed by atoms with van der Waals surface area (Å²) in [5.74, 6) is -0.689. The van der Waals surface area contributed by atoms with Crippen molar-refractivity contribution in [2.24, 2.45) is 0 Å². The van der Waals surface area contributed by atoms with Crippen molar-refractivity contribution in [3.63, 3.8) is 0 Å². The average molecular weight is 392 g/mol. The van der Waals surface area contributed by atoms with Gasteiger partial charge in [-0.15, -0.1) is 0 Å². The highest BCUT2D eigenvalue weighted by Crippen LogP contribution is 2.47. The van der Waals surface area contributed by atoms with E-state index in [9.17, 15) is 15.0 Å². The van der Waals surface area contributed by atoms with Crippen LogP contribution in [0, 0.1) is 0 Å². The predicted molar refractivity (Wildman–Crippen MR) is 115 cm³/mol. The van der Waals surface area contributed by atoms with Crippen LogP contribution < -0.4 is 0 Å². The standard InChI is InChI=1S/C25H28O4/c1-24(2)8-9-25(3,4)20-13-18-11-16(6-5-15(18)12-19(20)24)21-14-17(7-10-26)22(29-21)23(27)28/h5-6,11-14,26H,7-10H2,1-4H3,(H,27,28). The van der Waals surface area contributed by atoms with Gasteiger partial charge in [-0.25, -0.2) is 4.79 Å². The van der Waals surface area contributed by atoms with Crippen molar-refractivity contribution in [3.8, 4) is 11.3 Å². The van der Waals surface area contributed by atoms with Gasteiger partial charge in [0.05, 0.1) is 0 Å². The zero-order valence-corrected chi connectivity index (χ0v) is 17.5. The quantitative estimate of drug-likeness (QED) is 0.599. The van der Waals surface area contributed by atoms with Gasteiger partial charge in [-0.2, -0.15) is 0 Å². The van der Waals surface area contributed by atoms with Crippen molar-refractivity contribution in [1.29, 1.82) is 0 Å². The minimum absolute atomic E-state index is 0.0949. The summed E-state index contributed by atoms with van der Waals surface area (Å²) in [6.45, 7) is 9.14. The molecular weight excluding hydrogens is 364 g/mol. The number of hydrogen-bond donors (Lipinski definition) is 2. The number of aromatic carboxylic acids is 1. The molecule has 4 nitrogen and oxygen atoms in total. The molecular formula is C25H28O4. The zero-order chi connectivity index (χ0) is 21.0. The first-order valence-electron chi connectivity index (χ1n) is 10.2. The molecule has 0 spiro atoms. The van der Waals surface area contributed by atoms with Gasteiger partial charge in [0.25, 0.3) is 0 Å². The van der Waals surface area contributed by atoms with Gasteiger partial charge in [-0.1, -0.05) is 52.0 Å². The van der Waals surface area contributed by atoms with Gasteiger partial charge in [-0.3, -0.25) is 0 Å². The Kier molecular flexibility index (Phi) is 4.58. The fraction of sp³-hybridized carbons (Fsp3) is 0.400. The lowest BCUT2D eigenvalue weighted by Gasteiger charge is -2.42. The average Bonchev–Trinajstić information content (AvgIpc) is 3.09. The van der Waals surface area contributed by atoms with Crippen LogP contribution in [0.4, 0.5) is 0 Å². The van der Waals surface area contributed by atoms with Gasteiger partial charge < -0.3 is 14.6 Å². The molecule has 2 aromatic carbocycles. The lowest BCUT2D eigenvalue weighted by Crippen LogP contribution is -2.33. The number of carboxylic acid groups (broad SMARTS) is 1. The molecule has 3 aromatic rings. The van der Waals surface area contributed by atoms with E-state index in [1.165, 1.54) is 22.9 Å². The van der Waals surface area contributed by atoms with E-state index < -0.39 is 5.97 Å². The lowest BCUT2D eigenvalue weighted by atomic mass is 9.63. The van der Waals surface area contributed by atoms with E-state index >= 15 is 0 Å². The molecule has 0 aliphatic heterocycles. The summed E-state index contributed by atoms with van der Waals surface area (Å²) in [6, 6.07) is 12.5. The maximum atomic E-state index is 11.5. The molecule has 29 heavy (non-hydrogen) atoms. The second kappa shape index (κ2) is 6.74. The highest BCUT2D eigenvalue weighted by Gasteiger charge is 2.37. The number of benzene rings is 2. The number of rotatable bonds is 4. The predicted octanol–water partition coefficient (Wildman–Crippen LogP) is 5.68. The van der Waals surface area contributed by atoms with Gasteiger partial charge >= 0.3 is 5.97 Å². The molecule has 1 aliphatic carbocycles. The van der Waals surface area contributed by atoms with E-state index in [-0.39, 0.29) is 29.6 Å². The Hall–Kier alpha value is -2.59. The number of aliphatic hydroxyl groups is 1. The molecule has 0 bridgehead atoms. The van der Waals surface area contributed by atoms with E-state index in [2.05, 4.69) is 52.0 Å². The van der Waals surface area contributed by atoms with Crippen molar-refractivity contribution in [1.82, 2.24) is 0 Å². The molecule has 152 valence electrons. The number of carboxylic acids is 1. The second-order valence-electron chi connectivity index (χ2n) is 9.47. The summed E-state index contributed by atoms with van der Waals surface area (Å²) in [7, 11) is 0. The van der Waals surface area contributed by atoms with Gasteiger partial charge in [-0.05, 0) is 64.1 Å². The second-order valence-corrected chi connectivity index (χ2v) is 9.47. The van der Waals surface area contributed by atoms with Crippen LogP contribution in [-0.4, -0.2) is 22.8 Å². The first kappa shape index (κ1) is 19.7. The normalized spacial score (nSPS) is 17.3. The Bertz CT molecular complexity index is 1100. The molecule has 2 N–H and O–H groups in total. The van der Waals surface area contributed by atoms with E-state index in [0.29, 0.717) is 11.3 Å². The van der Waals surface area contributed by atoms with Crippen LogP contribution in [0.1, 0.15) is 67.8 Å². The number of furan rings is 1. The van der Waals surface area contributed by atoms with Crippen LogP contribution in [-0.2, 0) is 17.3 Å². The maximum Gasteiger partial charge on any atom is 0.372 e. The van der Waals surface area contributed by atoms with Crippen LogP contribution >= 0.6 is 0 Å². The van der Waals surface area contributed by atoms with Crippen molar-refractivity contribution >= 4 is 16.7 Å². The SMILES string of the molecule is CC1(C)CCC(C)(C)c2cc3cc(-c4cc(CCO)c(C(=O)O)o4)ccc3cc21. The summed E-state index contributed by atoms with van der Waals surface area (Å²) in [5.41, 5.74) is 4.47. The van der Waals surface area contributed by atoms with E-state index in [0.717, 1.165) is 17.4 Å². The first-order valence-corrected chi connectivity index (χ1v) is 10.2. The van der Waals surface area contributed by atoms with Crippen LogP contribution in [0.15, 0.2) is 40.8 Å². The molecule has 0 fully saturated rings. The van der Waals surface area contributed by atoms with Crippen LogP contribution in [0.25, 0.3) is 22.1 Å². The summed E-state index contributed by atoms with van der Waals surface area (Å²) < 4.78 is 5.64. The van der Waals surface area contributed by atoms with Gasteiger partial charge in [0.2, 0.25) is 5.76 Å². The van der Waals surface area contributed by atoms with Crippen LogP contribution in [0.3, 0.4) is 0 Å². The Balaban J connectivity index is 1.86. The van der Waals surface area contributed by atoms with Crippen LogP contribution in [0.2, 0.25) is 0 Å². The van der Waals surface area contributed by atoms with E-state index in [4.69, 9.17) is 4.42 Å². The number of hydrogen-bond acceptors (Lipinski definition) is 3. The maximum absolute atomic E-state index is 11.5. The Morgan fingerprint density at radius 2 is 1.59 bits per heavy atom. The third-order valence-electron chi connectivity index (χ3n) is 6.48. The third kappa shape index (κ3) is 3.36. The van der Waals surface area contributed by atoms with E-state index in [1.54, 1.807) is 6.07 Å². The topological polar surface area (TPSA) is 70.7 Å². The molecule has 0 unspecified atom stereocenters. The molecule has 0 saturated carbocycles. The molecule has 0 radical (unpaired) electrons. The molecule has 4 heteroatoms. The Labute approximate surface area is 171 Å². The minimum atomic E-state index is -1.11. The Morgan fingerprint density at radius 3 is 2.17 bits per heavy atom. The highest BCUT2D eigenvalue weighted by atomic mass is 16.4. The van der Waals surface area contributed by atoms with Crippen molar-refractivity contribution < 1.29 is 19.4 Å². The van der Waals surface area contributed by atoms with E-state index in [1.807, 2.05) is 6.07 Å². The lowest BCUT2D eigenvalue weighted by molar-refractivity contribution is 0.0661. The summed E-state index contributed by atoms with van der Waals surface area (Å²) in [5, 5.41) is 20.9. The summed E-state index contributed by atoms with van der Waals surface area (Å²) in [4.78, 5) is 11.5. The molecule has 1 aromatic heterocycles. The molecule has 1 heterocycles. The fourth-order valence-electron chi connectivity index (χ4n) is 4.52. The number of aliphatic hydroxyl groups excluding tert-OH is 1. The van der Waals surface area contributed by atoms with Crippen molar-refractivity contribution in [2.75, 3.05) is 6.61 Å². The van der Waals surface area contributed by atoms with Crippen molar-refractivity contribution in [3.05, 3.63) is 58.8 Å². The molecule has 0 atom stereocenters. The summed E-state index contributed by atoms with van der Waals surface area (Å²) in [6.07, 6.45) is 2.59. The fourth-order valence-corrected chi connectivity index (χ4v) is 4.52. The highest BCUT2D eigenvalue weighted by molar-refractivity contribution is 5.90. The van der Waals surface area contributed by atoms with Crippen LogP contribution in [0.5, 0.6) is 0 Å². The third-order valence-corrected chi connectivity index (χ3v) is 6.48. The molecule has 0 amide bonds. The minimum Gasteiger partial charge on any atom is -0.475 e. The zero-order valence-electron chi connectivity index (χ0n) is 17.5. The molecule has 0 saturated heterocycles. The smallest absolute Gasteiger partial charge is 0.372 e. The first-order chi connectivity index (χ1) is 13.6. The Morgan fingerprint density at radius 1 is 0.966 bits per heavy atom.